The summed E-state index contributed by atoms with van der Waals surface area (Å²) in [6.07, 6.45) is 2.30. The number of rotatable bonds is 3. The lowest BCUT2D eigenvalue weighted by Crippen LogP contribution is -2.39. The van der Waals surface area contributed by atoms with Gasteiger partial charge in [0, 0.05) is 30.3 Å². The third-order valence-corrected chi connectivity index (χ3v) is 6.32. The Bertz CT molecular complexity index is 1240. The van der Waals surface area contributed by atoms with E-state index in [1.54, 1.807) is 0 Å². The second-order valence-electron chi connectivity index (χ2n) is 8.34. The molecule has 0 N–H and O–H groups in total. The van der Waals surface area contributed by atoms with Crippen LogP contribution in [0.2, 0.25) is 0 Å². The Balaban J connectivity index is 1.51. The van der Waals surface area contributed by atoms with Crippen molar-refractivity contribution in [3.8, 4) is 28.3 Å². The lowest BCUT2D eigenvalue weighted by molar-refractivity contribution is 0.254. The maximum atomic E-state index is 6.05. The Morgan fingerprint density at radius 1 is 0.812 bits per heavy atom. The van der Waals surface area contributed by atoms with Gasteiger partial charge < -0.3 is 9.64 Å². The van der Waals surface area contributed by atoms with Crippen LogP contribution >= 0.6 is 12.2 Å². The van der Waals surface area contributed by atoms with Crippen LogP contribution in [0.25, 0.3) is 33.5 Å². The summed E-state index contributed by atoms with van der Waals surface area (Å²) in [6, 6.07) is 26.2. The second kappa shape index (κ2) is 9.05. The van der Waals surface area contributed by atoms with E-state index in [4.69, 9.17) is 26.9 Å². The van der Waals surface area contributed by atoms with Crippen LogP contribution in [0.4, 0.5) is 0 Å². The van der Waals surface area contributed by atoms with E-state index in [-0.39, 0.29) is 0 Å². The highest BCUT2D eigenvalue weighted by molar-refractivity contribution is 7.80. The molecule has 1 aliphatic heterocycles. The number of benzene rings is 3. The number of hydrogen-bond donors (Lipinski definition) is 0. The van der Waals surface area contributed by atoms with E-state index in [0.29, 0.717) is 10.9 Å². The van der Waals surface area contributed by atoms with E-state index < -0.39 is 0 Å². The van der Waals surface area contributed by atoms with Crippen LogP contribution in [0.1, 0.15) is 19.8 Å². The fourth-order valence-electron chi connectivity index (χ4n) is 4.05. The highest BCUT2D eigenvalue weighted by Crippen LogP contribution is 2.32. The van der Waals surface area contributed by atoms with Crippen molar-refractivity contribution in [1.29, 1.82) is 0 Å². The molecule has 4 aromatic rings. The number of nitrogens with zero attached hydrogens (tertiary/aromatic N) is 3. The van der Waals surface area contributed by atoms with Gasteiger partial charge in [-0.15, -0.1) is 0 Å². The number of aromatic nitrogens is 2. The standard InChI is InChI=1S/C27H25N3OS/c1-19-14-16-30(17-15-19)27(32)31-22-12-13-23-24(18-22)29-26(21-10-6-3-7-11-21)25(28-23)20-8-4-2-5-9-20/h2-13,18-19H,14-17H2,1H3. The van der Waals surface area contributed by atoms with Gasteiger partial charge in [0.15, 0.2) is 0 Å². The largest absolute Gasteiger partial charge is 0.432 e. The van der Waals surface area contributed by atoms with Gasteiger partial charge in [0.1, 0.15) is 5.75 Å². The molecule has 32 heavy (non-hydrogen) atoms. The van der Waals surface area contributed by atoms with Gasteiger partial charge in [-0.05, 0) is 43.1 Å². The smallest absolute Gasteiger partial charge is 0.264 e. The molecule has 0 bridgehead atoms. The van der Waals surface area contributed by atoms with E-state index in [1.165, 1.54) is 0 Å². The molecule has 0 radical (unpaired) electrons. The summed E-state index contributed by atoms with van der Waals surface area (Å²) in [5.41, 5.74) is 5.42. The third kappa shape index (κ3) is 4.34. The number of ether oxygens (including phenoxy) is 1. The first-order valence-electron chi connectivity index (χ1n) is 11.1. The first-order valence-corrected chi connectivity index (χ1v) is 11.5. The molecular weight excluding hydrogens is 414 g/mol. The minimum absolute atomic E-state index is 0.536. The van der Waals surface area contributed by atoms with Crippen LogP contribution in [0.5, 0.6) is 5.75 Å². The van der Waals surface area contributed by atoms with Crippen LogP contribution in [-0.2, 0) is 0 Å². The van der Waals surface area contributed by atoms with Gasteiger partial charge in [0.2, 0.25) is 0 Å². The first-order chi connectivity index (χ1) is 15.7. The minimum Gasteiger partial charge on any atom is -0.432 e. The topological polar surface area (TPSA) is 38.2 Å². The van der Waals surface area contributed by atoms with Crippen molar-refractivity contribution in [1.82, 2.24) is 14.9 Å². The third-order valence-electron chi connectivity index (χ3n) is 5.98. The summed E-state index contributed by atoms with van der Waals surface area (Å²) in [5.74, 6) is 1.45. The lowest BCUT2D eigenvalue weighted by Gasteiger charge is -2.31. The van der Waals surface area contributed by atoms with Crippen LogP contribution in [0.15, 0.2) is 78.9 Å². The molecule has 0 aliphatic carbocycles. The Morgan fingerprint density at radius 2 is 1.38 bits per heavy atom. The molecule has 1 aromatic heterocycles. The molecular formula is C27H25N3OS. The van der Waals surface area contributed by atoms with E-state index in [0.717, 1.165) is 65.4 Å². The van der Waals surface area contributed by atoms with E-state index in [9.17, 15) is 0 Å². The zero-order valence-corrected chi connectivity index (χ0v) is 18.9. The summed E-state index contributed by atoms with van der Waals surface area (Å²) in [7, 11) is 0. The highest BCUT2D eigenvalue weighted by atomic mass is 32.1. The fourth-order valence-corrected chi connectivity index (χ4v) is 4.33. The average Bonchev–Trinajstić information content (AvgIpc) is 2.84. The number of likely N-dealkylation sites (tertiary alicyclic amines) is 1. The Kier molecular flexibility index (Phi) is 5.82. The predicted molar refractivity (Wildman–Crippen MR) is 134 cm³/mol. The Morgan fingerprint density at radius 3 is 1.97 bits per heavy atom. The van der Waals surface area contributed by atoms with Crippen LogP contribution in [0.3, 0.4) is 0 Å². The zero-order chi connectivity index (χ0) is 21.9. The van der Waals surface area contributed by atoms with Gasteiger partial charge in [-0.25, -0.2) is 9.97 Å². The molecule has 5 heteroatoms. The Labute approximate surface area is 193 Å². The van der Waals surface area contributed by atoms with Gasteiger partial charge in [-0.3, -0.25) is 0 Å². The normalized spacial score (nSPS) is 14.5. The first kappa shape index (κ1) is 20.6. The highest BCUT2D eigenvalue weighted by Gasteiger charge is 2.20. The SMILES string of the molecule is CC1CCN(C(=S)Oc2ccc3nc(-c4ccccc4)c(-c4ccccc4)nc3c2)CC1. The van der Waals surface area contributed by atoms with Crippen LogP contribution in [0, 0.1) is 5.92 Å². The van der Waals surface area contributed by atoms with Crippen molar-refractivity contribution >= 4 is 28.4 Å². The number of hydrogen-bond acceptors (Lipinski definition) is 4. The van der Waals surface area contributed by atoms with Gasteiger partial charge in [-0.1, -0.05) is 67.6 Å². The Hall–Kier alpha value is -3.31. The van der Waals surface area contributed by atoms with Gasteiger partial charge in [0.25, 0.3) is 5.17 Å². The zero-order valence-electron chi connectivity index (χ0n) is 18.1. The maximum Gasteiger partial charge on any atom is 0.264 e. The van der Waals surface area contributed by atoms with Crippen molar-refractivity contribution in [3.05, 3.63) is 78.9 Å². The molecule has 2 heterocycles. The average molecular weight is 440 g/mol. The van der Waals surface area contributed by atoms with E-state index in [1.807, 2.05) is 54.6 Å². The minimum atomic E-state index is 0.536. The molecule has 0 saturated carbocycles. The molecule has 3 aromatic carbocycles. The quantitative estimate of drug-likeness (QED) is 0.347. The molecule has 0 amide bonds. The maximum absolute atomic E-state index is 6.05. The van der Waals surface area contributed by atoms with Gasteiger partial charge in [-0.2, -0.15) is 0 Å². The number of piperidine rings is 1. The van der Waals surface area contributed by atoms with Crippen molar-refractivity contribution in [2.75, 3.05) is 13.1 Å². The summed E-state index contributed by atoms with van der Waals surface area (Å²) in [5, 5.41) is 0.536. The predicted octanol–water partition coefficient (Wildman–Crippen LogP) is 6.36. The lowest BCUT2D eigenvalue weighted by atomic mass is 10.00. The van der Waals surface area contributed by atoms with Gasteiger partial charge in [0.05, 0.1) is 22.4 Å². The van der Waals surface area contributed by atoms with Crippen LogP contribution < -0.4 is 4.74 Å². The summed E-state index contributed by atoms with van der Waals surface area (Å²) in [6.45, 7) is 4.19. The molecule has 1 aliphatic rings. The van der Waals surface area contributed by atoms with E-state index in [2.05, 4.69) is 36.1 Å². The molecule has 1 saturated heterocycles. The number of thiocarbonyl (C=S) groups is 1. The molecule has 0 atom stereocenters. The van der Waals surface area contributed by atoms with Crippen molar-refractivity contribution < 1.29 is 4.74 Å². The molecule has 160 valence electrons. The number of fused-ring (bicyclic) bond motifs is 1. The fraction of sp³-hybridized carbons (Fsp3) is 0.222. The second-order valence-corrected chi connectivity index (χ2v) is 8.69. The summed E-state index contributed by atoms with van der Waals surface area (Å²) in [4.78, 5) is 12.1. The van der Waals surface area contributed by atoms with Crippen molar-refractivity contribution in [3.63, 3.8) is 0 Å². The molecule has 1 fully saturated rings. The molecule has 0 unspecified atom stereocenters. The van der Waals surface area contributed by atoms with Crippen molar-refractivity contribution in [2.24, 2.45) is 5.92 Å². The molecule has 0 spiro atoms. The summed E-state index contributed by atoms with van der Waals surface area (Å²) >= 11 is 5.57. The van der Waals surface area contributed by atoms with Crippen molar-refractivity contribution in [2.45, 2.75) is 19.8 Å². The van der Waals surface area contributed by atoms with E-state index >= 15 is 0 Å². The monoisotopic (exact) mass is 439 g/mol. The summed E-state index contributed by atoms with van der Waals surface area (Å²) < 4.78 is 6.05. The molecule has 4 nitrogen and oxygen atoms in total. The molecule has 5 rings (SSSR count). The van der Waals surface area contributed by atoms with Gasteiger partial charge >= 0.3 is 0 Å². The van der Waals surface area contributed by atoms with Crippen LogP contribution in [-0.4, -0.2) is 33.1 Å².